The summed E-state index contributed by atoms with van der Waals surface area (Å²) in [6.45, 7) is 13.0. The molecule has 3 aromatic rings. The molecule has 33 heavy (non-hydrogen) atoms. The summed E-state index contributed by atoms with van der Waals surface area (Å²) in [7, 11) is 2.20. The van der Waals surface area contributed by atoms with Crippen LogP contribution in [0.1, 0.15) is 56.6 Å². The van der Waals surface area contributed by atoms with E-state index in [4.69, 9.17) is 15.0 Å². The second-order valence-corrected chi connectivity index (χ2v) is 10.9. The molecule has 0 saturated carbocycles. The molecular formula is C26H37N7. The van der Waals surface area contributed by atoms with E-state index in [0.717, 1.165) is 69.4 Å². The molecule has 1 atom stereocenters. The molecule has 0 amide bonds. The summed E-state index contributed by atoms with van der Waals surface area (Å²) in [6, 6.07) is 6.65. The van der Waals surface area contributed by atoms with Crippen molar-refractivity contribution >= 4 is 11.6 Å². The van der Waals surface area contributed by atoms with Gasteiger partial charge in [-0.1, -0.05) is 26.8 Å². The number of piperazine rings is 1. The van der Waals surface area contributed by atoms with Crippen LogP contribution in [-0.4, -0.2) is 68.9 Å². The molecule has 4 heterocycles. The van der Waals surface area contributed by atoms with Crippen LogP contribution in [0.15, 0.2) is 36.8 Å². The van der Waals surface area contributed by atoms with Crippen molar-refractivity contribution in [2.24, 2.45) is 5.41 Å². The molecule has 1 aliphatic heterocycles. The quantitative estimate of drug-likeness (QED) is 0.593. The fourth-order valence-electron chi connectivity index (χ4n) is 5.42. The zero-order valence-corrected chi connectivity index (χ0v) is 20.5. The second-order valence-electron chi connectivity index (χ2n) is 10.9. The lowest BCUT2D eigenvalue weighted by Gasteiger charge is -2.38. The number of aromatic nitrogens is 4. The van der Waals surface area contributed by atoms with E-state index in [0.29, 0.717) is 11.5 Å². The highest BCUT2D eigenvalue weighted by Crippen LogP contribution is 2.32. The Morgan fingerprint density at radius 2 is 1.88 bits per heavy atom. The monoisotopic (exact) mass is 447 g/mol. The lowest BCUT2D eigenvalue weighted by atomic mass is 9.91. The van der Waals surface area contributed by atoms with Crippen LogP contribution < -0.4 is 4.90 Å². The Hall–Kier alpha value is -2.51. The summed E-state index contributed by atoms with van der Waals surface area (Å²) < 4.78 is 2.18. The van der Waals surface area contributed by atoms with Crippen molar-refractivity contribution in [1.82, 2.24) is 29.2 Å². The van der Waals surface area contributed by atoms with E-state index in [-0.39, 0.29) is 0 Å². The number of hydrogen-bond acceptors (Lipinski definition) is 6. The molecule has 3 aromatic heterocycles. The summed E-state index contributed by atoms with van der Waals surface area (Å²) >= 11 is 0. The van der Waals surface area contributed by atoms with Gasteiger partial charge in [-0.15, -0.1) is 0 Å². The molecule has 176 valence electrons. The summed E-state index contributed by atoms with van der Waals surface area (Å²) in [4.78, 5) is 21.8. The Bertz CT molecular complexity index is 1090. The lowest BCUT2D eigenvalue weighted by molar-refractivity contribution is 0.182. The number of rotatable bonds is 5. The molecular weight excluding hydrogens is 410 g/mol. The molecule has 0 radical (unpaired) electrons. The molecule has 1 aliphatic carbocycles. The molecule has 5 rings (SSSR count). The number of aryl methyl sites for hydroxylation is 1. The van der Waals surface area contributed by atoms with Crippen LogP contribution in [0.2, 0.25) is 0 Å². The summed E-state index contributed by atoms with van der Waals surface area (Å²) in [6.07, 6.45) is 9.51. The first-order valence-electron chi connectivity index (χ1n) is 12.3. The number of pyridine rings is 1. The van der Waals surface area contributed by atoms with Crippen molar-refractivity contribution < 1.29 is 0 Å². The van der Waals surface area contributed by atoms with Crippen LogP contribution in [0.5, 0.6) is 0 Å². The first-order chi connectivity index (χ1) is 15.9. The van der Waals surface area contributed by atoms with E-state index in [2.05, 4.69) is 65.2 Å². The molecule has 0 bridgehead atoms. The van der Waals surface area contributed by atoms with Crippen LogP contribution >= 0.6 is 0 Å². The number of hydrogen-bond donors (Lipinski definition) is 0. The summed E-state index contributed by atoms with van der Waals surface area (Å²) in [5.41, 5.74) is 5.03. The lowest BCUT2D eigenvalue weighted by Crippen LogP contribution is -2.49. The average Bonchev–Trinajstić information content (AvgIpc) is 3.20. The zero-order valence-electron chi connectivity index (χ0n) is 20.5. The highest BCUT2D eigenvalue weighted by atomic mass is 15.3. The van der Waals surface area contributed by atoms with Crippen molar-refractivity contribution in [1.29, 1.82) is 0 Å². The van der Waals surface area contributed by atoms with Gasteiger partial charge in [-0.25, -0.2) is 9.97 Å². The zero-order chi connectivity index (χ0) is 23.0. The third kappa shape index (κ3) is 4.89. The fourth-order valence-corrected chi connectivity index (χ4v) is 5.42. The number of fused-ring (bicyclic) bond motifs is 2. The average molecular weight is 448 g/mol. The van der Waals surface area contributed by atoms with E-state index in [1.54, 1.807) is 0 Å². The van der Waals surface area contributed by atoms with E-state index < -0.39 is 0 Å². The maximum absolute atomic E-state index is 4.95. The van der Waals surface area contributed by atoms with E-state index >= 15 is 0 Å². The van der Waals surface area contributed by atoms with Gasteiger partial charge in [0.25, 0.3) is 0 Å². The van der Waals surface area contributed by atoms with Crippen molar-refractivity contribution in [2.75, 3.05) is 44.7 Å². The summed E-state index contributed by atoms with van der Waals surface area (Å²) in [5.74, 6) is 1.01. The first-order valence-corrected chi connectivity index (χ1v) is 12.3. The Morgan fingerprint density at radius 1 is 1.06 bits per heavy atom. The van der Waals surface area contributed by atoms with Crippen LogP contribution in [0, 0.1) is 5.41 Å². The smallest absolute Gasteiger partial charge is 0.211 e. The predicted octanol–water partition coefficient (Wildman–Crippen LogP) is 3.80. The van der Waals surface area contributed by atoms with Gasteiger partial charge in [0.2, 0.25) is 5.95 Å². The van der Waals surface area contributed by atoms with Gasteiger partial charge in [-0.05, 0) is 49.4 Å². The molecule has 1 unspecified atom stereocenters. The molecule has 0 spiro atoms. The minimum Gasteiger partial charge on any atom is -0.339 e. The Kier molecular flexibility index (Phi) is 6.10. The molecule has 0 N–H and O–H groups in total. The van der Waals surface area contributed by atoms with Gasteiger partial charge >= 0.3 is 0 Å². The Balaban J connectivity index is 1.31. The van der Waals surface area contributed by atoms with Crippen molar-refractivity contribution in [3.05, 3.63) is 53.7 Å². The first kappa shape index (κ1) is 22.3. The van der Waals surface area contributed by atoms with Crippen LogP contribution in [0.25, 0.3) is 5.65 Å². The van der Waals surface area contributed by atoms with Gasteiger partial charge in [0.15, 0.2) is 0 Å². The molecule has 2 aliphatic rings. The van der Waals surface area contributed by atoms with Gasteiger partial charge in [-0.3, -0.25) is 19.2 Å². The van der Waals surface area contributed by atoms with Crippen LogP contribution in [-0.2, 0) is 13.0 Å². The van der Waals surface area contributed by atoms with Crippen molar-refractivity contribution in [3.8, 4) is 0 Å². The second kappa shape index (κ2) is 9.03. The van der Waals surface area contributed by atoms with E-state index in [9.17, 15) is 0 Å². The maximum Gasteiger partial charge on any atom is 0.211 e. The fraction of sp³-hybridized carbons (Fsp3) is 0.577. The highest BCUT2D eigenvalue weighted by molar-refractivity contribution is 5.48. The minimum atomic E-state index is 0.333. The summed E-state index contributed by atoms with van der Waals surface area (Å²) in [5, 5.41) is 0. The van der Waals surface area contributed by atoms with Crippen LogP contribution in [0.3, 0.4) is 0 Å². The molecule has 1 fully saturated rings. The minimum absolute atomic E-state index is 0.333. The van der Waals surface area contributed by atoms with E-state index in [1.807, 2.05) is 18.5 Å². The maximum atomic E-state index is 4.95. The Labute approximate surface area is 197 Å². The van der Waals surface area contributed by atoms with Gasteiger partial charge in [0.05, 0.1) is 17.4 Å². The normalized spacial score (nSPS) is 19.9. The standard InChI is InChI=1S/C26H37N7/c1-26(2,3)19-31-13-15-32(16-14-31)25-28-12-10-23-29-21(18-33(23)25)17-30(4)22-9-5-7-20-8-6-11-27-24(20)22/h6,8,10-12,18,22H,5,7,9,13-17,19H2,1-4H3. The van der Waals surface area contributed by atoms with Gasteiger partial charge in [0.1, 0.15) is 5.65 Å². The molecule has 0 aromatic carbocycles. The predicted molar refractivity (Wildman–Crippen MR) is 132 cm³/mol. The number of nitrogens with zero attached hydrogens (tertiary/aromatic N) is 7. The number of imidazole rings is 1. The van der Waals surface area contributed by atoms with Gasteiger partial charge in [0, 0.05) is 57.9 Å². The van der Waals surface area contributed by atoms with Crippen LogP contribution in [0.4, 0.5) is 5.95 Å². The number of anilines is 1. The van der Waals surface area contributed by atoms with Crippen molar-refractivity contribution in [3.63, 3.8) is 0 Å². The Morgan fingerprint density at radius 3 is 2.67 bits per heavy atom. The molecule has 7 nitrogen and oxygen atoms in total. The third-order valence-electron chi connectivity index (χ3n) is 6.87. The van der Waals surface area contributed by atoms with Gasteiger partial charge in [-0.2, -0.15) is 0 Å². The molecule has 1 saturated heterocycles. The van der Waals surface area contributed by atoms with Gasteiger partial charge < -0.3 is 4.90 Å². The van der Waals surface area contributed by atoms with Crippen molar-refractivity contribution in [2.45, 2.75) is 52.6 Å². The SMILES string of the molecule is CN(Cc1cn2c(N3CCN(CC(C)(C)C)CC3)nccc2n1)C1CCCc2cccnc21. The largest absolute Gasteiger partial charge is 0.339 e. The van der Waals surface area contributed by atoms with E-state index in [1.165, 1.54) is 17.7 Å². The molecule has 7 heteroatoms. The highest BCUT2D eigenvalue weighted by Gasteiger charge is 2.26. The topological polar surface area (TPSA) is 52.8 Å². The third-order valence-corrected chi connectivity index (χ3v) is 6.87.